The highest BCUT2D eigenvalue weighted by Crippen LogP contribution is 2.39. The van der Waals surface area contributed by atoms with Crippen molar-refractivity contribution in [3.8, 4) is 11.5 Å². The fraction of sp³-hybridized carbons (Fsp3) is 0.524. The number of hydrogen-bond acceptors (Lipinski definition) is 5. The molecule has 2 fully saturated rings. The largest absolute Gasteiger partial charge is 0.493 e. The van der Waals surface area contributed by atoms with Crippen molar-refractivity contribution in [3.05, 3.63) is 41.7 Å². The first-order valence-electron chi connectivity index (χ1n) is 9.84. The van der Waals surface area contributed by atoms with Gasteiger partial charge in [0.2, 0.25) is 5.91 Å². The van der Waals surface area contributed by atoms with E-state index in [1.165, 1.54) is 0 Å². The number of aryl methyl sites for hydroxylation is 1. The van der Waals surface area contributed by atoms with Crippen molar-refractivity contribution in [2.24, 2.45) is 13.0 Å². The molecular weight excluding hydrogens is 356 g/mol. The monoisotopic (exact) mass is 384 g/mol. The molecule has 1 aromatic heterocycles. The second-order valence-electron chi connectivity index (χ2n) is 7.62. The molecule has 0 aliphatic carbocycles. The first kappa shape index (κ1) is 18.8. The van der Waals surface area contributed by atoms with Crippen LogP contribution in [0.3, 0.4) is 0 Å². The summed E-state index contributed by atoms with van der Waals surface area (Å²) in [6, 6.07) is 6.05. The number of benzene rings is 1. The Hall–Kier alpha value is -2.54. The molecule has 4 rings (SSSR count). The van der Waals surface area contributed by atoms with Crippen LogP contribution in [0.15, 0.2) is 30.6 Å². The molecular formula is C21H28N4O3. The molecule has 0 saturated carbocycles. The van der Waals surface area contributed by atoms with Gasteiger partial charge in [0.1, 0.15) is 0 Å². The van der Waals surface area contributed by atoms with Crippen LogP contribution in [0.4, 0.5) is 0 Å². The molecule has 1 aromatic carbocycles. The van der Waals surface area contributed by atoms with Crippen LogP contribution >= 0.6 is 0 Å². The van der Waals surface area contributed by atoms with E-state index in [-0.39, 0.29) is 23.8 Å². The van der Waals surface area contributed by atoms with Gasteiger partial charge in [-0.05, 0) is 36.1 Å². The number of nitrogens with zero attached hydrogens (tertiary/aromatic N) is 3. The third kappa shape index (κ3) is 3.35. The lowest BCUT2D eigenvalue weighted by Gasteiger charge is -2.30. The molecule has 150 valence electrons. The van der Waals surface area contributed by atoms with Crippen molar-refractivity contribution < 1.29 is 14.3 Å². The maximum absolute atomic E-state index is 13.5. The van der Waals surface area contributed by atoms with Gasteiger partial charge in [0, 0.05) is 38.8 Å². The van der Waals surface area contributed by atoms with Crippen LogP contribution < -0.4 is 14.8 Å². The highest BCUT2D eigenvalue weighted by atomic mass is 16.5. The van der Waals surface area contributed by atoms with Crippen LogP contribution in [0.2, 0.25) is 0 Å². The minimum absolute atomic E-state index is 0.0510. The number of carbonyl (C=O) groups excluding carboxylic acids is 1. The van der Waals surface area contributed by atoms with E-state index in [1.54, 1.807) is 18.9 Å². The van der Waals surface area contributed by atoms with Crippen molar-refractivity contribution in [1.29, 1.82) is 0 Å². The zero-order valence-electron chi connectivity index (χ0n) is 16.7. The molecule has 2 saturated heterocycles. The van der Waals surface area contributed by atoms with Gasteiger partial charge in [0.15, 0.2) is 11.5 Å². The van der Waals surface area contributed by atoms with Crippen LogP contribution in [0.5, 0.6) is 11.5 Å². The maximum Gasteiger partial charge on any atom is 0.228 e. The Morgan fingerprint density at radius 2 is 2.00 bits per heavy atom. The van der Waals surface area contributed by atoms with Crippen LogP contribution in [0, 0.1) is 5.92 Å². The molecule has 3 atom stereocenters. The smallest absolute Gasteiger partial charge is 0.228 e. The summed E-state index contributed by atoms with van der Waals surface area (Å²) >= 11 is 0. The average molecular weight is 384 g/mol. The number of hydrogen-bond donors (Lipinski definition) is 1. The van der Waals surface area contributed by atoms with Crippen molar-refractivity contribution in [1.82, 2.24) is 20.0 Å². The molecule has 1 unspecified atom stereocenters. The van der Waals surface area contributed by atoms with E-state index in [2.05, 4.69) is 15.3 Å². The van der Waals surface area contributed by atoms with Gasteiger partial charge in [-0.25, -0.2) is 0 Å². The summed E-state index contributed by atoms with van der Waals surface area (Å²) in [6.45, 7) is 2.33. The van der Waals surface area contributed by atoms with E-state index in [1.807, 2.05) is 37.6 Å². The first-order valence-corrected chi connectivity index (χ1v) is 9.84. The van der Waals surface area contributed by atoms with Gasteiger partial charge < -0.3 is 19.7 Å². The number of carbonyl (C=O) groups is 1. The Bertz CT molecular complexity index is 850. The van der Waals surface area contributed by atoms with Gasteiger partial charge in [-0.1, -0.05) is 6.07 Å². The van der Waals surface area contributed by atoms with Crippen molar-refractivity contribution in [2.45, 2.75) is 24.8 Å². The van der Waals surface area contributed by atoms with Crippen LogP contribution in [0.1, 0.15) is 35.9 Å². The summed E-state index contributed by atoms with van der Waals surface area (Å²) in [7, 11) is 5.19. The number of aromatic nitrogens is 2. The molecule has 1 amide bonds. The second kappa shape index (κ2) is 7.83. The molecule has 0 spiro atoms. The highest BCUT2D eigenvalue weighted by Gasteiger charge is 2.40. The fourth-order valence-electron chi connectivity index (χ4n) is 4.57. The number of rotatable bonds is 5. The van der Waals surface area contributed by atoms with Crippen LogP contribution in [0.25, 0.3) is 0 Å². The van der Waals surface area contributed by atoms with Gasteiger partial charge in [-0.3, -0.25) is 9.48 Å². The lowest BCUT2D eigenvalue weighted by atomic mass is 9.89. The molecule has 0 radical (unpaired) electrons. The second-order valence-corrected chi connectivity index (χ2v) is 7.62. The predicted molar refractivity (Wildman–Crippen MR) is 106 cm³/mol. The van der Waals surface area contributed by atoms with E-state index >= 15 is 0 Å². The molecule has 3 heterocycles. The van der Waals surface area contributed by atoms with E-state index in [0.717, 1.165) is 37.1 Å². The number of likely N-dealkylation sites (tertiary alicyclic amines) is 1. The van der Waals surface area contributed by atoms with Crippen molar-refractivity contribution in [2.75, 3.05) is 33.9 Å². The van der Waals surface area contributed by atoms with E-state index in [9.17, 15) is 4.79 Å². The molecule has 0 bridgehead atoms. The lowest BCUT2D eigenvalue weighted by Crippen LogP contribution is -2.38. The standard InChI is InChI=1S/C21H28N4O3/c1-24-13-15(10-23-24)16-11-22-12-17(16)21(26)25-8-4-5-18(25)14-6-7-19(27-2)20(9-14)28-3/h6-7,9-10,13,16-18,22H,4-5,8,11-12H2,1-3H3/t16-,17+,18?/m1/s1. The van der Waals surface area contributed by atoms with E-state index in [0.29, 0.717) is 18.0 Å². The Morgan fingerprint density at radius 3 is 2.71 bits per heavy atom. The minimum Gasteiger partial charge on any atom is -0.493 e. The lowest BCUT2D eigenvalue weighted by molar-refractivity contribution is -0.136. The van der Waals surface area contributed by atoms with Gasteiger partial charge in [0.25, 0.3) is 0 Å². The Balaban J connectivity index is 1.57. The summed E-state index contributed by atoms with van der Waals surface area (Å²) in [5.74, 6) is 1.77. The predicted octanol–water partition coefficient (Wildman–Crippen LogP) is 2.10. The minimum atomic E-state index is -0.0510. The maximum atomic E-state index is 13.5. The molecule has 7 heteroatoms. The van der Waals surface area contributed by atoms with Gasteiger partial charge in [-0.15, -0.1) is 0 Å². The Kier molecular flexibility index (Phi) is 5.26. The number of amides is 1. The van der Waals surface area contributed by atoms with Gasteiger partial charge in [-0.2, -0.15) is 5.10 Å². The molecule has 7 nitrogen and oxygen atoms in total. The first-order chi connectivity index (χ1) is 13.6. The quantitative estimate of drug-likeness (QED) is 0.855. The number of ether oxygens (including phenoxy) is 2. The van der Waals surface area contributed by atoms with Crippen molar-refractivity contribution in [3.63, 3.8) is 0 Å². The van der Waals surface area contributed by atoms with E-state index in [4.69, 9.17) is 9.47 Å². The molecule has 2 aromatic rings. The fourth-order valence-corrected chi connectivity index (χ4v) is 4.57. The SMILES string of the molecule is COc1ccc(C2CCCN2C(=O)[C@H]2CNC[C@@H]2c2cnn(C)c2)cc1OC. The Morgan fingerprint density at radius 1 is 1.18 bits per heavy atom. The normalized spacial score (nSPS) is 24.5. The molecule has 2 aliphatic heterocycles. The van der Waals surface area contributed by atoms with Crippen LogP contribution in [-0.4, -0.2) is 54.4 Å². The zero-order valence-corrected chi connectivity index (χ0v) is 16.7. The summed E-state index contributed by atoms with van der Waals surface area (Å²) in [5.41, 5.74) is 2.24. The summed E-state index contributed by atoms with van der Waals surface area (Å²) in [5, 5.41) is 7.69. The third-order valence-corrected chi connectivity index (χ3v) is 6.01. The van der Waals surface area contributed by atoms with Crippen molar-refractivity contribution >= 4 is 5.91 Å². The summed E-state index contributed by atoms with van der Waals surface area (Å²) < 4.78 is 12.6. The topological polar surface area (TPSA) is 68.6 Å². The van der Waals surface area contributed by atoms with Gasteiger partial charge in [0.05, 0.1) is 32.4 Å². The molecule has 28 heavy (non-hydrogen) atoms. The highest BCUT2D eigenvalue weighted by molar-refractivity contribution is 5.81. The number of nitrogens with one attached hydrogen (secondary N) is 1. The Labute approximate surface area is 165 Å². The molecule has 2 aliphatic rings. The summed E-state index contributed by atoms with van der Waals surface area (Å²) in [6.07, 6.45) is 5.89. The molecule has 1 N–H and O–H groups in total. The number of methoxy groups -OCH3 is 2. The van der Waals surface area contributed by atoms with E-state index < -0.39 is 0 Å². The van der Waals surface area contributed by atoms with Crippen LogP contribution in [-0.2, 0) is 11.8 Å². The average Bonchev–Trinajstić information content (AvgIpc) is 3.46. The summed E-state index contributed by atoms with van der Waals surface area (Å²) in [4.78, 5) is 15.6. The van der Waals surface area contributed by atoms with Gasteiger partial charge >= 0.3 is 0 Å². The zero-order chi connectivity index (χ0) is 19.7. The third-order valence-electron chi connectivity index (χ3n) is 6.01.